The molecule has 1 aliphatic heterocycles. The van der Waals surface area contributed by atoms with Crippen molar-refractivity contribution in [2.45, 2.75) is 31.8 Å². The van der Waals surface area contributed by atoms with Crippen LogP contribution in [0.2, 0.25) is 0 Å². The van der Waals surface area contributed by atoms with Crippen LogP contribution in [0.3, 0.4) is 0 Å². The van der Waals surface area contributed by atoms with Gasteiger partial charge in [-0.1, -0.05) is 25.6 Å². The number of anilines is 1. The van der Waals surface area contributed by atoms with Crippen LogP contribution in [0.1, 0.15) is 26.7 Å². The Balaban J connectivity index is 2.18. The molecule has 0 bridgehead atoms. The zero-order valence-corrected chi connectivity index (χ0v) is 11.4. The van der Waals surface area contributed by atoms with Crippen molar-refractivity contribution in [3.05, 3.63) is 16.4 Å². The lowest BCUT2D eigenvalue weighted by molar-refractivity contribution is 0.279. The van der Waals surface area contributed by atoms with Crippen molar-refractivity contribution in [3.8, 4) is 0 Å². The van der Waals surface area contributed by atoms with Crippen LogP contribution in [0.25, 0.3) is 0 Å². The molecule has 0 saturated carbocycles. The van der Waals surface area contributed by atoms with Crippen LogP contribution in [0.15, 0.2) is 16.0 Å². The van der Waals surface area contributed by atoms with E-state index >= 15 is 0 Å². The van der Waals surface area contributed by atoms with Crippen molar-refractivity contribution in [1.82, 2.24) is 9.97 Å². The van der Waals surface area contributed by atoms with Crippen LogP contribution in [-0.4, -0.2) is 29.3 Å². The van der Waals surface area contributed by atoms with Crippen molar-refractivity contribution < 1.29 is 0 Å². The van der Waals surface area contributed by atoms with E-state index in [1.807, 2.05) is 6.26 Å². The number of H-pyrrole nitrogens is 1. The van der Waals surface area contributed by atoms with E-state index in [0.29, 0.717) is 10.6 Å². The predicted octanol–water partition coefficient (Wildman–Crippen LogP) is 2.12. The second kappa shape index (κ2) is 4.72. The van der Waals surface area contributed by atoms with E-state index in [4.69, 9.17) is 0 Å². The largest absolute Gasteiger partial charge is 0.356 e. The monoisotopic (exact) mass is 253 g/mol. The van der Waals surface area contributed by atoms with Crippen LogP contribution in [0.4, 0.5) is 5.82 Å². The first kappa shape index (κ1) is 12.5. The second-order valence-electron chi connectivity index (χ2n) is 5.26. The van der Waals surface area contributed by atoms with Gasteiger partial charge in [-0.25, -0.2) is 4.98 Å². The molecular formula is C12H19N3OS. The summed E-state index contributed by atoms with van der Waals surface area (Å²) in [5.74, 6) is 0.814. The van der Waals surface area contributed by atoms with E-state index in [2.05, 4.69) is 28.7 Å². The molecule has 5 heteroatoms. The van der Waals surface area contributed by atoms with Crippen LogP contribution >= 0.6 is 11.8 Å². The fourth-order valence-corrected chi connectivity index (χ4v) is 2.41. The Kier molecular flexibility index (Phi) is 3.47. The van der Waals surface area contributed by atoms with Crippen molar-refractivity contribution >= 4 is 17.6 Å². The van der Waals surface area contributed by atoms with E-state index < -0.39 is 0 Å². The lowest BCUT2D eigenvalue weighted by Crippen LogP contribution is -2.38. The number of thioether (sulfide) groups is 1. The fraction of sp³-hybridized carbons (Fsp3) is 0.667. The zero-order valence-electron chi connectivity index (χ0n) is 10.6. The third kappa shape index (κ3) is 3.03. The van der Waals surface area contributed by atoms with Gasteiger partial charge in [-0.15, -0.1) is 0 Å². The Morgan fingerprint density at radius 3 is 2.65 bits per heavy atom. The van der Waals surface area contributed by atoms with Gasteiger partial charge in [0.15, 0.2) is 5.16 Å². The van der Waals surface area contributed by atoms with Gasteiger partial charge >= 0.3 is 0 Å². The Bertz CT molecular complexity index is 445. The molecule has 0 aromatic carbocycles. The Hall–Kier alpha value is -0.970. The number of rotatable bonds is 2. The van der Waals surface area contributed by atoms with Crippen LogP contribution < -0.4 is 10.5 Å². The summed E-state index contributed by atoms with van der Waals surface area (Å²) in [5.41, 5.74) is 0.351. The summed E-state index contributed by atoms with van der Waals surface area (Å²) in [6.07, 6.45) is 4.22. The number of aromatic amines is 1. The number of hydrogen-bond acceptors (Lipinski definition) is 4. The Morgan fingerprint density at radius 1 is 1.41 bits per heavy atom. The van der Waals surface area contributed by atoms with Gasteiger partial charge < -0.3 is 9.88 Å². The molecule has 2 rings (SSSR count). The molecule has 0 spiro atoms. The van der Waals surface area contributed by atoms with Gasteiger partial charge in [0.2, 0.25) is 0 Å². The normalized spacial score (nSPS) is 19.4. The van der Waals surface area contributed by atoms with Crippen molar-refractivity contribution in [2.24, 2.45) is 5.41 Å². The topological polar surface area (TPSA) is 49.0 Å². The molecule has 0 radical (unpaired) electrons. The molecule has 2 heterocycles. The van der Waals surface area contributed by atoms with E-state index in [1.54, 1.807) is 6.07 Å². The number of aromatic nitrogens is 2. The van der Waals surface area contributed by atoms with E-state index in [9.17, 15) is 4.79 Å². The summed E-state index contributed by atoms with van der Waals surface area (Å²) in [6, 6.07) is 1.60. The second-order valence-corrected chi connectivity index (χ2v) is 6.06. The quantitative estimate of drug-likeness (QED) is 0.648. The smallest absolute Gasteiger partial charge is 0.253 e. The summed E-state index contributed by atoms with van der Waals surface area (Å²) < 4.78 is 0. The van der Waals surface area contributed by atoms with Gasteiger partial charge in [0.1, 0.15) is 5.82 Å². The SMILES string of the molecule is CSc1nc(N2CCC(C)(C)CC2)cc(=O)[nH]1. The zero-order chi connectivity index (χ0) is 12.5. The molecule has 17 heavy (non-hydrogen) atoms. The average molecular weight is 253 g/mol. The standard InChI is InChI=1S/C12H19N3OS/c1-12(2)4-6-15(7-5-12)9-8-10(16)14-11(13-9)17-3/h8H,4-7H2,1-3H3,(H,13,14,16). The third-order valence-corrected chi connectivity index (χ3v) is 3.92. The first-order chi connectivity index (χ1) is 8.00. The van der Waals surface area contributed by atoms with Gasteiger partial charge in [-0.2, -0.15) is 0 Å². The first-order valence-corrected chi connectivity index (χ1v) is 7.13. The van der Waals surface area contributed by atoms with Gasteiger partial charge in [-0.05, 0) is 24.5 Å². The number of piperidine rings is 1. The number of hydrogen-bond donors (Lipinski definition) is 1. The average Bonchev–Trinajstić information content (AvgIpc) is 2.28. The molecule has 94 valence electrons. The summed E-state index contributed by atoms with van der Waals surface area (Å²) in [5, 5.41) is 0.692. The third-order valence-electron chi connectivity index (χ3n) is 3.34. The highest BCUT2D eigenvalue weighted by Crippen LogP contribution is 2.31. The van der Waals surface area contributed by atoms with Gasteiger partial charge in [0.25, 0.3) is 5.56 Å². The molecular weight excluding hydrogens is 234 g/mol. The highest BCUT2D eigenvalue weighted by molar-refractivity contribution is 7.98. The molecule has 0 atom stereocenters. The summed E-state index contributed by atoms with van der Waals surface area (Å²) >= 11 is 1.47. The molecule has 0 unspecified atom stereocenters. The maximum Gasteiger partial charge on any atom is 0.253 e. The number of nitrogens with zero attached hydrogens (tertiary/aromatic N) is 2. The minimum atomic E-state index is -0.0656. The maximum absolute atomic E-state index is 11.5. The molecule has 1 saturated heterocycles. The molecule has 0 amide bonds. The lowest BCUT2D eigenvalue weighted by atomic mass is 9.83. The van der Waals surface area contributed by atoms with Crippen molar-refractivity contribution in [3.63, 3.8) is 0 Å². The Morgan fingerprint density at radius 2 is 2.06 bits per heavy atom. The lowest BCUT2D eigenvalue weighted by Gasteiger charge is -2.37. The minimum Gasteiger partial charge on any atom is -0.356 e. The van der Waals surface area contributed by atoms with Gasteiger partial charge in [0, 0.05) is 19.2 Å². The summed E-state index contributed by atoms with van der Waals surface area (Å²) in [4.78, 5) is 20.9. The van der Waals surface area contributed by atoms with E-state index in [-0.39, 0.29) is 5.56 Å². The van der Waals surface area contributed by atoms with Crippen molar-refractivity contribution in [2.75, 3.05) is 24.2 Å². The highest BCUT2D eigenvalue weighted by atomic mass is 32.2. The van der Waals surface area contributed by atoms with Crippen molar-refractivity contribution in [1.29, 1.82) is 0 Å². The molecule has 0 aliphatic carbocycles. The molecule has 1 aliphatic rings. The van der Waals surface area contributed by atoms with Gasteiger partial charge in [-0.3, -0.25) is 4.79 Å². The molecule has 1 fully saturated rings. The van der Waals surface area contributed by atoms with Crippen LogP contribution in [0.5, 0.6) is 0 Å². The molecule has 1 N–H and O–H groups in total. The predicted molar refractivity (Wildman–Crippen MR) is 71.9 cm³/mol. The van der Waals surface area contributed by atoms with E-state index in [0.717, 1.165) is 31.7 Å². The molecule has 1 aromatic heterocycles. The maximum atomic E-state index is 11.5. The fourth-order valence-electron chi connectivity index (χ4n) is 2.02. The minimum absolute atomic E-state index is 0.0656. The van der Waals surface area contributed by atoms with Gasteiger partial charge in [0.05, 0.1) is 0 Å². The molecule has 4 nitrogen and oxygen atoms in total. The van der Waals surface area contributed by atoms with Crippen LogP contribution in [-0.2, 0) is 0 Å². The first-order valence-electron chi connectivity index (χ1n) is 5.90. The summed E-state index contributed by atoms with van der Waals surface area (Å²) in [7, 11) is 0. The summed E-state index contributed by atoms with van der Waals surface area (Å²) in [6.45, 7) is 6.56. The highest BCUT2D eigenvalue weighted by Gasteiger charge is 2.26. The number of nitrogens with one attached hydrogen (secondary N) is 1. The van der Waals surface area contributed by atoms with Crippen LogP contribution in [0, 0.1) is 5.41 Å². The molecule has 1 aromatic rings. The van der Waals surface area contributed by atoms with E-state index in [1.165, 1.54) is 11.8 Å². The Labute approximate surface area is 106 Å².